The van der Waals surface area contributed by atoms with Gasteiger partial charge in [-0.3, -0.25) is 4.79 Å². The molecule has 0 saturated carbocycles. The Kier molecular flexibility index (Phi) is 4.97. The summed E-state index contributed by atoms with van der Waals surface area (Å²) in [6.45, 7) is 1.48. The first kappa shape index (κ1) is 12.9. The normalized spacial score (nSPS) is 12.5. The van der Waals surface area contributed by atoms with Crippen molar-refractivity contribution in [2.45, 2.75) is 23.1 Å². The third-order valence-corrected chi connectivity index (χ3v) is 3.68. The lowest BCUT2D eigenvalue weighted by Crippen LogP contribution is -2.04. The number of hydrogen-bond acceptors (Lipinski definition) is 2. The van der Waals surface area contributed by atoms with Crippen LogP contribution in [0.4, 0.5) is 0 Å². The second-order valence-corrected chi connectivity index (χ2v) is 4.75. The predicted molar refractivity (Wildman–Crippen MR) is 67.1 cm³/mol. The molecule has 0 aliphatic carbocycles. The molecule has 0 aliphatic heterocycles. The summed E-state index contributed by atoms with van der Waals surface area (Å²) in [6, 6.07) is 5.81. The van der Waals surface area contributed by atoms with Crippen LogP contribution in [0.2, 0.25) is 0 Å². The van der Waals surface area contributed by atoms with Gasteiger partial charge in [0.05, 0.1) is 0 Å². The SMILES string of the molecule is CSc1ccc(C(Cl)C(C)=O)c(CCl)c1. The second kappa shape index (κ2) is 5.78. The van der Waals surface area contributed by atoms with Crippen LogP contribution in [0.5, 0.6) is 0 Å². The molecule has 1 atom stereocenters. The summed E-state index contributed by atoms with van der Waals surface area (Å²) in [6.07, 6.45) is 2.00. The van der Waals surface area contributed by atoms with Crippen molar-refractivity contribution in [2.24, 2.45) is 0 Å². The van der Waals surface area contributed by atoms with Crippen LogP contribution in [-0.4, -0.2) is 12.0 Å². The maximum atomic E-state index is 11.2. The fraction of sp³-hybridized carbons (Fsp3) is 0.364. The number of thioether (sulfide) groups is 1. The average molecular weight is 263 g/mol. The lowest BCUT2D eigenvalue weighted by atomic mass is 10.0. The highest BCUT2D eigenvalue weighted by molar-refractivity contribution is 7.98. The van der Waals surface area contributed by atoms with Gasteiger partial charge in [-0.1, -0.05) is 6.07 Å². The lowest BCUT2D eigenvalue weighted by molar-refractivity contribution is -0.116. The van der Waals surface area contributed by atoms with E-state index >= 15 is 0 Å². The fourth-order valence-electron chi connectivity index (χ4n) is 1.29. The van der Waals surface area contributed by atoms with Crippen LogP contribution in [0, 0.1) is 0 Å². The van der Waals surface area contributed by atoms with Crippen molar-refractivity contribution in [3.05, 3.63) is 29.3 Å². The highest BCUT2D eigenvalue weighted by Crippen LogP contribution is 2.29. The predicted octanol–water partition coefficient (Wildman–Crippen LogP) is 4.02. The molecule has 1 nitrogen and oxygen atoms in total. The molecule has 0 spiro atoms. The van der Waals surface area contributed by atoms with Crippen LogP contribution in [0.1, 0.15) is 23.4 Å². The quantitative estimate of drug-likeness (QED) is 0.603. The van der Waals surface area contributed by atoms with Gasteiger partial charge in [-0.2, -0.15) is 0 Å². The molecule has 0 amide bonds. The Morgan fingerprint density at radius 3 is 2.67 bits per heavy atom. The van der Waals surface area contributed by atoms with Crippen LogP contribution in [0.25, 0.3) is 0 Å². The van der Waals surface area contributed by atoms with Gasteiger partial charge in [-0.25, -0.2) is 0 Å². The van der Waals surface area contributed by atoms with Gasteiger partial charge in [-0.05, 0) is 36.4 Å². The van der Waals surface area contributed by atoms with E-state index in [1.165, 1.54) is 6.92 Å². The van der Waals surface area contributed by atoms with Crippen LogP contribution in [0.15, 0.2) is 23.1 Å². The van der Waals surface area contributed by atoms with E-state index in [9.17, 15) is 4.79 Å². The van der Waals surface area contributed by atoms with Crippen molar-refractivity contribution in [1.82, 2.24) is 0 Å². The standard InChI is InChI=1S/C11H12Cl2OS/c1-7(14)11(13)10-4-3-9(15-2)5-8(10)6-12/h3-5,11H,6H2,1-2H3. The first-order valence-electron chi connectivity index (χ1n) is 4.47. The first-order valence-corrected chi connectivity index (χ1v) is 6.67. The molecular weight excluding hydrogens is 251 g/mol. The molecule has 0 aromatic heterocycles. The van der Waals surface area contributed by atoms with Gasteiger partial charge in [0.1, 0.15) is 5.38 Å². The van der Waals surface area contributed by atoms with E-state index in [4.69, 9.17) is 23.2 Å². The van der Waals surface area contributed by atoms with Crippen molar-refractivity contribution in [3.63, 3.8) is 0 Å². The molecule has 1 unspecified atom stereocenters. The zero-order chi connectivity index (χ0) is 11.4. The molecule has 0 radical (unpaired) electrons. The van der Waals surface area contributed by atoms with E-state index in [0.29, 0.717) is 5.88 Å². The maximum absolute atomic E-state index is 11.2. The number of halogens is 2. The number of Topliss-reactive ketones (excluding diaryl/α,β-unsaturated/α-hetero) is 1. The summed E-state index contributed by atoms with van der Waals surface area (Å²) < 4.78 is 0. The fourth-order valence-corrected chi connectivity index (χ4v) is 2.20. The summed E-state index contributed by atoms with van der Waals surface area (Å²) in [5.41, 5.74) is 1.75. The second-order valence-electron chi connectivity index (χ2n) is 3.17. The number of carbonyl (C=O) groups excluding carboxylic acids is 1. The Labute approximate surface area is 104 Å². The number of rotatable bonds is 4. The largest absolute Gasteiger partial charge is 0.298 e. The average Bonchev–Trinajstić information content (AvgIpc) is 2.27. The van der Waals surface area contributed by atoms with Gasteiger partial charge >= 0.3 is 0 Å². The summed E-state index contributed by atoms with van der Waals surface area (Å²) in [7, 11) is 0. The number of ketones is 1. The molecular formula is C11H12Cl2OS. The molecule has 0 aliphatic rings. The molecule has 0 saturated heterocycles. The molecule has 4 heteroatoms. The van der Waals surface area contributed by atoms with Gasteiger partial charge in [-0.15, -0.1) is 35.0 Å². The highest BCUT2D eigenvalue weighted by Gasteiger charge is 2.16. The molecule has 0 heterocycles. The summed E-state index contributed by atoms with van der Waals surface area (Å²) in [5, 5.41) is -0.588. The molecule has 0 N–H and O–H groups in total. The highest BCUT2D eigenvalue weighted by atomic mass is 35.5. The molecule has 0 bridgehead atoms. The van der Waals surface area contributed by atoms with Crippen LogP contribution < -0.4 is 0 Å². The van der Waals surface area contributed by atoms with Crippen LogP contribution >= 0.6 is 35.0 Å². The van der Waals surface area contributed by atoms with Crippen molar-refractivity contribution in [3.8, 4) is 0 Å². The Morgan fingerprint density at radius 2 is 2.20 bits per heavy atom. The third kappa shape index (κ3) is 3.13. The van der Waals surface area contributed by atoms with Crippen LogP contribution in [0.3, 0.4) is 0 Å². The van der Waals surface area contributed by atoms with Crippen LogP contribution in [-0.2, 0) is 10.7 Å². The third-order valence-electron chi connectivity index (χ3n) is 2.12. The van der Waals surface area contributed by atoms with Crippen molar-refractivity contribution < 1.29 is 4.79 Å². The molecule has 1 aromatic rings. The van der Waals surface area contributed by atoms with E-state index in [1.807, 2.05) is 24.5 Å². The lowest BCUT2D eigenvalue weighted by Gasteiger charge is -2.11. The van der Waals surface area contributed by atoms with E-state index in [0.717, 1.165) is 16.0 Å². The van der Waals surface area contributed by atoms with Gasteiger partial charge in [0, 0.05) is 10.8 Å². The maximum Gasteiger partial charge on any atom is 0.152 e. The minimum absolute atomic E-state index is 0.0556. The van der Waals surface area contributed by atoms with E-state index in [2.05, 4.69) is 0 Å². The Morgan fingerprint density at radius 1 is 1.53 bits per heavy atom. The zero-order valence-corrected chi connectivity index (χ0v) is 10.9. The molecule has 0 fully saturated rings. The van der Waals surface area contributed by atoms with Crippen molar-refractivity contribution in [2.75, 3.05) is 6.26 Å². The van der Waals surface area contributed by atoms with Gasteiger partial charge in [0.2, 0.25) is 0 Å². The number of alkyl halides is 2. The zero-order valence-electron chi connectivity index (χ0n) is 8.59. The number of hydrogen-bond donors (Lipinski definition) is 0. The number of benzene rings is 1. The summed E-state index contributed by atoms with van der Waals surface area (Å²) >= 11 is 13.5. The minimum Gasteiger partial charge on any atom is -0.298 e. The van der Waals surface area contributed by atoms with Crippen molar-refractivity contribution >= 4 is 40.7 Å². The van der Waals surface area contributed by atoms with E-state index < -0.39 is 5.38 Å². The molecule has 1 rings (SSSR count). The Hall–Kier alpha value is -0.180. The van der Waals surface area contributed by atoms with E-state index in [1.54, 1.807) is 11.8 Å². The van der Waals surface area contributed by atoms with Gasteiger partial charge in [0.15, 0.2) is 5.78 Å². The van der Waals surface area contributed by atoms with E-state index in [-0.39, 0.29) is 5.78 Å². The first-order chi connectivity index (χ1) is 7.10. The van der Waals surface area contributed by atoms with Crippen molar-refractivity contribution in [1.29, 1.82) is 0 Å². The smallest absolute Gasteiger partial charge is 0.152 e. The Bertz CT molecular complexity index is 366. The summed E-state index contributed by atoms with van der Waals surface area (Å²) in [5.74, 6) is 0.320. The molecule has 82 valence electrons. The summed E-state index contributed by atoms with van der Waals surface area (Å²) in [4.78, 5) is 12.3. The molecule has 1 aromatic carbocycles. The molecule has 15 heavy (non-hydrogen) atoms. The number of carbonyl (C=O) groups is 1. The topological polar surface area (TPSA) is 17.1 Å². The van der Waals surface area contributed by atoms with Gasteiger partial charge < -0.3 is 0 Å². The minimum atomic E-state index is -0.588. The monoisotopic (exact) mass is 262 g/mol. The Balaban J connectivity index is 3.12. The van der Waals surface area contributed by atoms with Gasteiger partial charge in [0.25, 0.3) is 0 Å².